The van der Waals surface area contributed by atoms with E-state index >= 15 is 0 Å². The molecule has 27 heavy (non-hydrogen) atoms. The molecule has 0 spiro atoms. The summed E-state index contributed by atoms with van der Waals surface area (Å²) in [6.45, 7) is 2.76. The number of piperidine rings is 1. The van der Waals surface area contributed by atoms with Crippen molar-refractivity contribution in [2.45, 2.75) is 25.3 Å². The molecule has 0 N–H and O–H groups in total. The van der Waals surface area contributed by atoms with Gasteiger partial charge in [-0.2, -0.15) is 5.10 Å². The first-order valence-corrected chi connectivity index (χ1v) is 9.15. The molecule has 0 saturated carbocycles. The Morgan fingerprint density at radius 1 is 1.22 bits per heavy atom. The minimum absolute atomic E-state index is 0.0810. The van der Waals surface area contributed by atoms with Crippen molar-refractivity contribution < 1.29 is 4.79 Å². The largest absolute Gasteiger partial charge is 0.345 e. The van der Waals surface area contributed by atoms with Crippen LogP contribution in [0.4, 0.5) is 0 Å². The fraction of sp³-hybridized carbons (Fsp3) is 0.421. The molecule has 0 bridgehead atoms. The standard InChI is InChI=1S/C19H23N7O/c1-24(2)19(27)16-11-23-26-17(5-6-22-18(16)26)14-4-3-9-25(12-14)13-15-10-20-7-8-21-15/h5-8,10-11,14H,3-4,9,12-13H2,1-2H3/t14-/m1/s1. The van der Waals surface area contributed by atoms with E-state index in [1.165, 1.54) is 0 Å². The van der Waals surface area contributed by atoms with Gasteiger partial charge in [0.05, 0.1) is 17.6 Å². The molecule has 4 rings (SSSR count). The van der Waals surface area contributed by atoms with Gasteiger partial charge in [0, 0.05) is 57.9 Å². The van der Waals surface area contributed by atoms with E-state index in [1.807, 2.05) is 16.8 Å². The van der Waals surface area contributed by atoms with Gasteiger partial charge in [0.2, 0.25) is 0 Å². The molecule has 0 aromatic carbocycles. The monoisotopic (exact) mass is 365 g/mol. The van der Waals surface area contributed by atoms with E-state index in [-0.39, 0.29) is 5.91 Å². The predicted molar refractivity (Wildman–Crippen MR) is 100 cm³/mol. The molecule has 1 atom stereocenters. The van der Waals surface area contributed by atoms with Crippen molar-refractivity contribution in [1.82, 2.24) is 34.4 Å². The van der Waals surface area contributed by atoms with Gasteiger partial charge in [-0.25, -0.2) is 9.50 Å². The molecule has 3 aromatic rings. The third kappa shape index (κ3) is 3.52. The second kappa shape index (κ2) is 7.40. The molecule has 4 heterocycles. The number of carbonyl (C=O) groups excluding carboxylic acids is 1. The van der Waals surface area contributed by atoms with Gasteiger partial charge in [0.15, 0.2) is 5.65 Å². The lowest BCUT2D eigenvalue weighted by Crippen LogP contribution is -2.34. The molecule has 1 aliphatic rings. The van der Waals surface area contributed by atoms with E-state index in [9.17, 15) is 4.79 Å². The Morgan fingerprint density at radius 2 is 2.11 bits per heavy atom. The van der Waals surface area contributed by atoms with Crippen LogP contribution in [0.25, 0.3) is 5.65 Å². The minimum atomic E-state index is -0.0810. The van der Waals surface area contributed by atoms with E-state index in [2.05, 4.69) is 25.0 Å². The van der Waals surface area contributed by atoms with Crippen LogP contribution in [0.15, 0.2) is 37.1 Å². The molecule has 8 heteroatoms. The maximum absolute atomic E-state index is 12.4. The van der Waals surface area contributed by atoms with Gasteiger partial charge in [-0.05, 0) is 25.5 Å². The van der Waals surface area contributed by atoms with Crippen molar-refractivity contribution in [3.63, 3.8) is 0 Å². The molecule has 0 aliphatic carbocycles. The number of nitrogens with zero attached hydrogens (tertiary/aromatic N) is 7. The van der Waals surface area contributed by atoms with Gasteiger partial charge in [0.25, 0.3) is 5.91 Å². The number of amides is 1. The Kier molecular flexibility index (Phi) is 4.81. The highest BCUT2D eigenvalue weighted by Crippen LogP contribution is 2.28. The second-order valence-corrected chi connectivity index (χ2v) is 7.13. The number of rotatable bonds is 4. The molecule has 1 fully saturated rings. The Balaban J connectivity index is 1.59. The summed E-state index contributed by atoms with van der Waals surface area (Å²) in [5.74, 6) is 0.255. The summed E-state index contributed by atoms with van der Waals surface area (Å²) in [5.41, 5.74) is 3.24. The Labute approximate surface area is 157 Å². The first-order chi connectivity index (χ1) is 13.1. The van der Waals surface area contributed by atoms with Gasteiger partial charge in [-0.15, -0.1) is 0 Å². The quantitative estimate of drug-likeness (QED) is 0.699. The molecule has 1 amide bonds. The first kappa shape index (κ1) is 17.5. The zero-order valence-corrected chi connectivity index (χ0v) is 15.6. The first-order valence-electron chi connectivity index (χ1n) is 9.15. The molecule has 1 saturated heterocycles. The number of fused-ring (bicyclic) bond motifs is 1. The summed E-state index contributed by atoms with van der Waals surface area (Å²) in [7, 11) is 3.47. The average Bonchev–Trinajstić information content (AvgIpc) is 3.12. The van der Waals surface area contributed by atoms with E-state index in [0.29, 0.717) is 17.1 Å². The number of likely N-dealkylation sites (tertiary alicyclic amines) is 1. The van der Waals surface area contributed by atoms with Crippen LogP contribution in [0.5, 0.6) is 0 Å². The summed E-state index contributed by atoms with van der Waals surface area (Å²) < 4.78 is 1.83. The highest BCUT2D eigenvalue weighted by atomic mass is 16.2. The van der Waals surface area contributed by atoms with Gasteiger partial charge in [0.1, 0.15) is 5.56 Å². The summed E-state index contributed by atoms with van der Waals surface area (Å²) in [6, 6.07) is 2.01. The second-order valence-electron chi connectivity index (χ2n) is 7.13. The normalized spacial score (nSPS) is 17.9. The third-order valence-corrected chi connectivity index (χ3v) is 4.99. The Hall–Kier alpha value is -2.87. The lowest BCUT2D eigenvalue weighted by atomic mass is 9.94. The third-order valence-electron chi connectivity index (χ3n) is 4.99. The summed E-state index contributed by atoms with van der Waals surface area (Å²) >= 11 is 0. The smallest absolute Gasteiger partial charge is 0.258 e. The van der Waals surface area contributed by atoms with E-state index in [0.717, 1.165) is 43.9 Å². The number of hydrogen-bond acceptors (Lipinski definition) is 6. The maximum atomic E-state index is 12.4. The maximum Gasteiger partial charge on any atom is 0.258 e. The lowest BCUT2D eigenvalue weighted by Gasteiger charge is -2.32. The van der Waals surface area contributed by atoms with Crippen molar-refractivity contribution in [2.24, 2.45) is 0 Å². The van der Waals surface area contributed by atoms with E-state index < -0.39 is 0 Å². The lowest BCUT2D eigenvalue weighted by molar-refractivity contribution is 0.0829. The molecule has 0 unspecified atom stereocenters. The van der Waals surface area contributed by atoms with E-state index in [4.69, 9.17) is 0 Å². The predicted octanol–water partition coefficient (Wildman–Crippen LogP) is 1.60. The molecule has 3 aromatic heterocycles. The van der Waals surface area contributed by atoms with E-state index in [1.54, 1.807) is 43.8 Å². The fourth-order valence-corrected chi connectivity index (χ4v) is 3.69. The zero-order valence-electron chi connectivity index (χ0n) is 15.6. The van der Waals surface area contributed by atoms with Gasteiger partial charge in [-0.1, -0.05) is 0 Å². The SMILES string of the molecule is CN(C)C(=O)c1cnn2c([C@@H]3CCCN(Cc4cnccn4)C3)ccnc12. The van der Waals surface area contributed by atoms with Crippen LogP contribution in [0.1, 0.15) is 40.5 Å². The minimum Gasteiger partial charge on any atom is -0.345 e. The molecule has 140 valence electrons. The van der Waals surface area contributed by atoms with Gasteiger partial charge >= 0.3 is 0 Å². The van der Waals surface area contributed by atoms with Crippen LogP contribution < -0.4 is 0 Å². The van der Waals surface area contributed by atoms with Crippen LogP contribution in [0.2, 0.25) is 0 Å². The van der Waals surface area contributed by atoms with Crippen LogP contribution in [0, 0.1) is 0 Å². The van der Waals surface area contributed by atoms with Crippen molar-refractivity contribution in [2.75, 3.05) is 27.2 Å². The van der Waals surface area contributed by atoms with Crippen LogP contribution in [-0.2, 0) is 6.54 Å². The fourth-order valence-electron chi connectivity index (χ4n) is 3.69. The number of hydrogen-bond donors (Lipinski definition) is 0. The topological polar surface area (TPSA) is 79.5 Å². The van der Waals surface area contributed by atoms with Gasteiger partial charge < -0.3 is 4.90 Å². The summed E-state index contributed by atoms with van der Waals surface area (Å²) in [4.78, 5) is 29.3. The summed E-state index contributed by atoms with van der Waals surface area (Å²) in [6.07, 6.45) is 10.8. The Bertz CT molecular complexity index is 938. The Morgan fingerprint density at radius 3 is 2.89 bits per heavy atom. The molecular formula is C19H23N7O. The molecule has 0 radical (unpaired) electrons. The van der Waals surface area contributed by atoms with Crippen molar-refractivity contribution in [1.29, 1.82) is 0 Å². The highest BCUT2D eigenvalue weighted by Gasteiger charge is 2.25. The summed E-state index contributed by atoms with van der Waals surface area (Å²) in [5, 5.41) is 4.47. The van der Waals surface area contributed by atoms with Crippen LogP contribution >= 0.6 is 0 Å². The zero-order chi connectivity index (χ0) is 18.8. The van der Waals surface area contributed by atoms with Crippen molar-refractivity contribution in [3.05, 3.63) is 54.0 Å². The molecule has 1 aliphatic heterocycles. The molecular weight excluding hydrogens is 342 g/mol. The number of aromatic nitrogens is 5. The average molecular weight is 365 g/mol. The van der Waals surface area contributed by atoms with Crippen molar-refractivity contribution in [3.8, 4) is 0 Å². The van der Waals surface area contributed by atoms with Crippen LogP contribution in [0.3, 0.4) is 0 Å². The number of carbonyl (C=O) groups is 1. The molecule has 8 nitrogen and oxygen atoms in total. The van der Waals surface area contributed by atoms with Crippen LogP contribution in [-0.4, -0.2) is 67.5 Å². The van der Waals surface area contributed by atoms with Crippen molar-refractivity contribution >= 4 is 11.6 Å². The highest BCUT2D eigenvalue weighted by molar-refractivity contribution is 5.99. The van der Waals surface area contributed by atoms with Gasteiger partial charge in [-0.3, -0.25) is 19.7 Å².